The van der Waals surface area contributed by atoms with Crippen molar-refractivity contribution in [3.8, 4) is 16.3 Å². The minimum atomic E-state index is -1.06. The average Bonchev–Trinajstić information content (AvgIpc) is 3.29. The molecule has 1 aromatic carbocycles. The van der Waals surface area contributed by atoms with E-state index in [4.69, 9.17) is 4.74 Å². The molecule has 10 nitrogen and oxygen atoms in total. The zero-order chi connectivity index (χ0) is 27.1. The average molecular weight is 544 g/mol. The van der Waals surface area contributed by atoms with Crippen LogP contribution in [-0.2, 0) is 16.0 Å². The number of aromatic hydroxyl groups is 1. The number of benzene rings is 1. The zero-order valence-electron chi connectivity index (χ0n) is 20.7. The fourth-order valence-electron chi connectivity index (χ4n) is 6.44. The van der Waals surface area contributed by atoms with Crippen LogP contribution in [0.4, 0.5) is 8.78 Å². The first-order valence-corrected chi connectivity index (χ1v) is 12.7. The molecule has 2 saturated carbocycles. The van der Waals surface area contributed by atoms with Crippen molar-refractivity contribution in [2.75, 3.05) is 26.2 Å². The van der Waals surface area contributed by atoms with Gasteiger partial charge < -0.3 is 14.7 Å². The Hall–Kier alpha value is -3.87. The summed E-state index contributed by atoms with van der Waals surface area (Å²) in [6, 6.07) is 3.23. The largest absolute Gasteiger partial charge is 0.502 e. The number of aromatic nitrogens is 3. The Morgan fingerprint density at radius 3 is 2.71 bits per heavy atom. The number of pyridine rings is 1. The lowest BCUT2D eigenvalue weighted by Crippen LogP contribution is -2.72. The summed E-state index contributed by atoms with van der Waals surface area (Å²) in [5.41, 5.74) is -2.81. The lowest BCUT2D eigenvalue weighted by Gasteiger charge is -2.55. The number of hydrogen-bond donors (Lipinski definition) is 1. The van der Waals surface area contributed by atoms with E-state index in [1.807, 2.05) is 0 Å². The Labute approximate surface area is 219 Å². The van der Waals surface area contributed by atoms with Gasteiger partial charge in [0.2, 0.25) is 5.43 Å². The Bertz CT molecular complexity index is 1590. The highest BCUT2D eigenvalue weighted by molar-refractivity contribution is 7.14. The maximum absolute atomic E-state index is 14.1. The van der Waals surface area contributed by atoms with E-state index in [0.717, 1.165) is 23.5 Å². The topological polar surface area (TPSA) is 118 Å². The number of amides is 1. The number of nitrogens with zero attached hydrogens (tertiary/aromatic N) is 5. The van der Waals surface area contributed by atoms with Crippen LogP contribution in [0.2, 0.25) is 0 Å². The van der Waals surface area contributed by atoms with Gasteiger partial charge >= 0.3 is 5.97 Å². The molecule has 6 rings (SSSR count). The van der Waals surface area contributed by atoms with Gasteiger partial charge in [0.15, 0.2) is 16.5 Å². The molecule has 2 aromatic heterocycles. The molecule has 198 valence electrons. The number of carbonyl (C=O) groups excluding carboxylic acids is 2. The minimum Gasteiger partial charge on any atom is -0.502 e. The van der Waals surface area contributed by atoms with Crippen LogP contribution in [-0.4, -0.2) is 63.6 Å². The normalized spacial score (nSPS) is 25.5. The summed E-state index contributed by atoms with van der Waals surface area (Å²) < 4.78 is 33.9. The molecular weight excluding hydrogens is 520 g/mol. The predicted octanol–water partition coefficient (Wildman–Crippen LogP) is 2.26. The van der Waals surface area contributed by atoms with E-state index >= 15 is 0 Å². The second-order valence-electron chi connectivity index (χ2n) is 9.93. The summed E-state index contributed by atoms with van der Waals surface area (Å²) in [5.74, 6) is -3.11. The number of ether oxygens (including phenoxy) is 1. The smallest absolute Gasteiger partial charge is 0.316 e. The molecule has 2 fully saturated rings. The summed E-state index contributed by atoms with van der Waals surface area (Å²) in [5, 5.41) is 21.2. The maximum Gasteiger partial charge on any atom is 0.316 e. The van der Waals surface area contributed by atoms with Crippen LogP contribution in [0, 0.1) is 23.0 Å². The molecule has 3 aliphatic rings. The molecule has 2 aliphatic carbocycles. The number of esters is 1. The molecule has 3 aromatic rings. The number of hydrogen-bond acceptors (Lipinski definition) is 9. The van der Waals surface area contributed by atoms with Crippen LogP contribution < -0.4 is 10.4 Å². The van der Waals surface area contributed by atoms with Crippen molar-refractivity contribution in [1.82, 2.24) is 19.8 Å². The molecule has 0 saturated heterocycles. The van der Waals surface area contributed by atoms with Gasteiger partial charge in [-0.05, 0) is 36.8 Å². The van der Waals surface area contributed by atoms with Gasteiger partial charge in [-0.2, -0.15) is 0 Å². The van der Waals surface area contributed by atoms with Gasteiger partial charge in [-0.25, -0.2) is 8.78 Å². The first kappa shape index (κ1) is 24.5. The molecule has 0 radical (unpaired) electrons. The van der Waals surface area contributed by atoms with Crippen molar-refractivity contribution in [1.29, 1.82) is 0 Å². The van der Waals surface area contributed by atoms with Gasteiger partial charge in [0.1, 0.15) is 27.7 Å². The van der Waals surface area contributed by atoms with Crippen LogP contribution in [0.3, 0.4) is 0 Å². The van der Waals surface area contributed by atoms with E-state index in [1.165, 1.54) is 28.9 Å². The number of halogens is 2. The van der Waals surface area contributed by atoms with Crippen LogP contribution in [0.1, 0.15) is 40.3 Å². The first-order chi connectivity index (χ1) is 18.1. The monoisotopic (exact) mass is 543 g/mol. The van der Waals surface area contributed by atoms with Crippen molar-refractivity contribution < 1.29 is 28.2 Å². The molecule has 1 spiro atoms. The van der Waals surface area contributed by atoms with Crippen molar-refractivity contribution in [3.63, 3.8) is 0 Å². The van der Waals surface area contributed by atoms with Crippen molar-refractivity contribution in [2.24, 2.45) is 11.3 Å². The Morgan fingerprint density at radius 1 is 1.26 bits per heavy atom. The SMILES string of the molecule is COC(=O)[C@@]12CC1CCC21N(C)C(=O)c2c(O)c(=O)c(-c3nnc(Cc4ccc(F)cc4F)s3)cn2N1C. The molecule has 1 amide bonds. The molecule has 13 heteroatoms. The van der Waals surface area contributed by atoms with Gasteiger partial charge in [-0.1, -0.05) is 17.4 Å². The van der Waals surface area contributed by atoms with E-state index in [-0.39, 0.29) is 34.2 Å². The van der Waals surface area contributed by atoms with E-state index in [0.29, 0.717) is 24.3 Å². The minimum absolute atomic E-state index is 0.00797. The summed E-state index contributed by atoms with van der Waals surface area (Å²) in [7, 11) is 4.59. The van der Waals surface area contributed by atoms with Crippen LogP contribution in [0.5, 0.6) is 5.75 Å². The van der Waals surface area contributed by atoms with E-state index in [2.05, 4.69) is 10.2 Å². The standard InChI is InChI=1S/C25H23F2N5O5S/c1-30-22(35)18-20(34)19(33)15(21-29-28-17(38-21)8-12-4-5-14(26)9-16(12)27)11-32(18)31(2)25(30)7-6-13-10-24(13,25)23(36)37-3/h4-5,9,11,13,34H,6-8,10H2,1-3H3/t13?,24-,25?/m1/s1. The van der Waals surface area contributed by atoms with Crippen LogP contribution in [0.15, 0.2) is 29.2 Å². The Morgan fingerprint density at radius 2 is 2.03 bits per heavy atom. The molecule has 2 unspecified atom stereocenters. The lowest BCUT2D eigenvalue weighted by molar-refractivity contribution is -0.153. The predicted molar refractivity (Wildman–Crippen MR) is 131 cm³/mol. The lowest BCUT2D eigenvalue weighted by atomic mass is 9.86. The third-order valence-corrected chi connectivity index (χ3v) is 9.31. The summed E-state index contributed by atoms with van der Waals surface area (Å²) >= 11 is 1.02. The fourth-order valence-corrected chi connectivity index (χ4v) is 7.31. The third-order valence-electron chi connectivity index (χ3n) is 8.35. The summed E-state index contributed by atoms with van der Waals surface area (Å²) in [6.45, 7) is 0. The quantitative estimate of drug-likeness (QED) is 0.498. The molecule has 0 bridgehead atoms. The second-order valence-corrected chi connectivity index (χ2v) is 11.0. The maximum atomic E-state index is 14.1. The highest BCUT2D eigenvalue weighted by atomic mass is 32.1. The third kappa shape index (κ3) is 2.99. The summed E-state index contributed by atoms with van der Waals surface area (Å²) in [6.07, 6.45) is 3.21. The number of fused-ring (bicyclic) bond motifs is 3. The van der Waals surface area contributed by atoms with Gasteiger partial charge in [0, 0.05) is 32.8 Å². The molecule has 3 heterocycles. The van der Waals surface area contributed by atoms with Gasteiger partial charge in [0.05, 0.1) is 12.7 Å². The van der Waals surface area contributed by atoms with Crippen molar-refractivity contribution in [2.45, 2.75) is 31.3 Å². The van der Waals surface area contributed by atoms with Crippen LogP contribution >= 0.6 is 11.3 Å². The van der Waals surface area contributed by atoms with E-state index in [1.54, 1.807) is 19.1 Å². The highest BCUT2D eigenvalue weighted by Gasteiger charge is 2.80. The van der Waals surface area contributed by atoms with Crippen molar-refractivity contribution >= 4 is 23.2 Å². The molecule has 1 N–H and O–H groups in total. The first-order valence-electron chi connectivity index (χ1n) is 11.9. The number of rotatable bonds is 4. The van der Waals surface area contributed by atoms with Crippen LogP contribution in [0.25, 0.3) is 10.6 Å². The molecular formula is C25H23F2N5O5S. The van der Waals surface area contributed by atoms with E-state index < -0.39 is 45.8 Å². The van der Waals surface area contributed by atoms with Crippen molar-refractivity contribution in [3.05, 3.63) is 62.5 Å². The number of carbonyl (C=O) groups is 2. The van der Waals surface area contributed by atoms with Gasteiger partial charge in [-0.15, -0.1) is 10.2 Å². The molecule has 1 aliphatic heterocycles. The van der Waals surface area contributed by atoms with Gasteiger partial charge in [0.25, 0.3) is 5.91 Å². The Balaban J connectivity index is 1.44. The highest BCUT2D eigenvalue weighted by Crippen LogP contribution is 2.71. The van der Waals surface area contributed by atoms with E-state index in [9.17, 15) is 28.3 Å². The summed E-state index contributed by atoms with van der Waals surface area (Å²) in [4.78, 5) is 41.2. The fraction of sp³-hybridized carbons (Fsp3) is 0.400. The molecule has 38 heavy (non-hydrogen) atoms. The Kier molecular flexibility index (Phi) is 5.19. The second kappa shape index (κ2) is 8.06. The zero-order valence-corrected chi connectivity index (χ0v) is 21.5. The number of methoxy groups -OCH3 is 1. The van der Waals surface area contributed by atoms with Gasteiger partial charge in [-0.3, -0.25) is 24.1 Å². The molecule has 3 atom stereocenters.